The van der Waals surface area contributed by atoms with E-state index in [1.807, 2.05) is 0 Å². The van der Waals surface area contributed by atoms with Crippen LogP contribution in [-0.2, 0) is 65.4 Å². The standard InChI is InChI=1S/C80H156O17P2/c1-9-73(8)59-51-43-33-29-25-21-17-12-10-11-13-19-23-27-31-35-46-54-62-79(84)96-75(67-91-78(83)61-53-45-38-36-41-49-57-71(4)5)68-94-98(86,87)92-64-74(81)65-93-99(88,89)95-69-76(97-80(85)63-55-47-39-37-42-50-58-72(6)7)66-90-77(82)60-52-44-34-30-26-22-18-15-14-16-20-24-28-32-40-48-56-70(2)3/h70-76,81H,9-69H2,1-8H3,(H,86,87)(H,88,89)/t73?,74-,75+,76+/m0/s1. The Balaban J connectivity index is 5.08. The first-order valence-corrected chi connectivity index (χ1v) is 44.2. The SMILES string of the molecule is CCC(C)CCCCCCCCCCCCCCCCCCCCC(=O)O[C@H](COC(=O)CCCCCCCCC(C)C)COP(=O)(O)OC[C@H](O)COP(=O)(O)OC[C@@H](COC(=O)CCCCCCCCCCCCCCCCCCC(C)C)OC(=O)CCCCCCCCC(C)C. The molecule has 19 heteroatoms. The largest absolute Gasteiger partial charge is 0.472 e. The fourth-order valence-electron chi connectivity index (χ4n) is 12.2. The molecule has 3 N–H and O–H groups in total. The minimum absolute atomic E-state index is 0.102. The van der Waals surface area contributed by atoms with Gasteiger partial charge in [-0.1, -0.05) is 357 Å². The smallest absolute Gasteiger partial charge is 0.462 e. The molecule has 99 heavy (non-hydrogen) atoms. The highest BCUT2D eigenvalue weighted by Crippen LogP contribution is 2.45. The van der Waals surface area contributed by atoms with Gasteiger partial charge in [-0.3, -0.25) is 37.3 Å². The summed E-state index contributed by atoms with van der Waals surface area (Å²) in [5.74, 6) is 0.908. The van der Waals surface area contributed by atoms with Crippen molar-refractivity contribution in [3.8, 4) is 0 Å². The average molecular weight is 1450 g/mol. The Morgan fingerprint density at radius 2 is 0.485 bits per heavy atom. The summed E-state index contributed by atoms with van der Waals surface area (Å²) >= 11 is 0. The normalized spacial score (nSPS) is 14.3. The molecule has 0 fully saturated rings. The summed E-state index contributed by atoms with van der Waals surface area (Å²) in [4.78, 5) is 72.8. The van der Waals surface area contributed by atoms with E-state index in [-0.39, 0.29) is 25.7 Å². The van der Waals surface area contributed by atoms with Gasteiger partial charge in [0.25, 0.3) is 0 Å². The van der Waals surface area contributed by atoms with Crippen molar-refractivity contribution in [3.05, 3.63) is 0 Å². The lowest BCUT2D eigenvalue weighted by Gasteiger charge is -2.21. The topological polar surface area (TPSA) is 237 Å². The predicted molar refractivity (Wildman–Crippen MR) is 404 cm³/mol. The van der Waals surface area contributed by atoms with Gasteiger partial charge in [0.05, 0.1) is 26.4 Å². The van der Waals surface area contributed by atoms with Gasteiger partial charge in [-0.15, -0.1) is 0 Å². The highest BCUT2D eigenvalue weighted by molar-refractivity contribution is 7.47. The Kier molecular flexibility index (Phi) is 67.8. The molecule has 17 nitrogen and oxygen atoms in total. The van der Waals surface area contributed by atoms with E-state index < -0.39 is 97.5 Å². The molecule has 0 amide bonds. The first-order valence-electron chi connectivity index (χ1n) is 41.2. The molecule has 588 valence electrons. The van der Waals surface area contributed by atoms with Crippen LogP contribution in [0.1, 0.15) is 409 Å². The summed E-state index contributed by atoms with van der Waals surface area (Å²) in [6.07, 6.45) is 56.0. The fraction of sp³-hybridized carbons (Fsp3) is 0.950. The lowest BCUT2D eigenvalue weighted by molar-refractivity contribution is -0.161. The van der Waals surface area contributed by atoms with Crippen LogP contribution in [0.5, 0.6) is 0 Å². The molecular formula is C80H156O17P2. The van der Waals surface area contributed by atoms with E-state index >= 15 is 0 Å². The van der Waals surface area contributed by atoms with E-state index in [4.69, 9.17) is 37.0 Å². The van der Waals surface area contributed by atoms with Crippen molar-refractivity contribution in [1.29, 1.82) is 0 Å². The molecule has 0 rings (SSSR count). The Bertz CT molecular complexity index is 1940. The summed E-state index contributed by atoms with van der Waals surface area (Å²) in [5, 5.41) is 10.6. The molecule has 0 aliphatic carbocycles. The molecule has 0 spiro atoms. The molecule has 0 aliphatic rings. The van der Waals surface area contributed by atoms with Crippen LogP contribution < -0.4 is 0 Å². The summed E-state index contributed by atoms with van der Waals surface area (Å²) in [6.45, 7) is 14.2. The van der Waals surface area contributed by atoms with Crippen molar-refractivity contribution >= 4 is 39.5 Å². The number of esters is 4. The van der Waals surface area contributed by atoms with E-state index in [1.54, 1.807) is 0 Å². The second-order valence-electron chi connectivity index (χ2n) is 30.5. The molecule has 0 aromatic carbocycles. The molecule has 0 aromatic heterocycles. The molecular weight excluding hydrogens is 1290 g/mol. The number of hydrogen-bond donors (Lipinski definition) is 3. The van der Waals surface area contributed by atoms with E-state index in [2.05, 4.69) is 55.4 Å². The Morgan fingerprint density at radius 1 is 0.283 bits per heavy atom. The quantitative estimate of drug-likeness (QED) is 0.0222. The number of unbranched alkanes of at least 4 members (excludes halogenated alkanes) is 42. The van der Waals surface area contributed by atoms with Gasteiger partial charge >= 0.3 is 39.5 Å². The van der Waals surface area contributed by atoms with Gasteiger partial charge in [-0.2, -0.15) is 0 Å². The van der Waals surface area contributed by atoms with Gasteiger partial charge < -0.3 is 33.8 Å². The van der Waals surface area contributed by atoms with Crippen molar-refractivity contribution < 1.29 is 80.2 Å². The number of carbonyl (C=O) groups excluding carboxylic acids is 4. The van der Waals surface area contributed by atoms with Crippen LogP contribution in [0.25, 0.3) is 0 Å². The minimum atomic E-state index is -4.96. The van der Waals surface area contributed by atoms with Crippen LogP contribution in [0.3, 0.4) is 0 Å². The van der Waals surface area contributed by atoms with Crippen LogP contribution in [0.4, 0.5) is 0 Å². The molecule has 0 saturated heterocycles. The van der Waals surface area contributed by atoms with Crippen LogP contribution in [0.2, 0.25) is 0 Å². The molecule has 3 unspecified atom stereocenters. The maximum absolute atomic E-state index is 13.1. The first-order chi connectivity index (χ1) is 47.6. The Morgan fingerprint density at radius 3 is 0.717 bits per heavy atom. The van der Waals surface area contributed by atoms with Crippen molar-refractivity contribution in [2.75, 3.05) is 39.6 Å². The van der Waals surface area contributed by atoms with E-state index in [9.17, 15) is 43.2 Å². The number of aliphatic hydroxyl groups excluding tert-OH is 1. The highest BCUT2D eigenvalue weighted by Gasteiger charge is 2.30. The van der Waals surface area contributed by atoms with Gasteiger partial charge in [0.15, 0.2) is 12.2 Å². The van der Waals surface area contributed by atoms with E-state index in [0.717, 1.165) is 108 Å². The molecule has 0 saturated carbocycles. The van der Waals surface area contributed by atoms with Gasteiger partial charge in [-0.25, -0.2) is 9.13 Å². The lowest BCUT2D eigenvalue weighted by atomic mass is 9.99. The van der Waals surface area contributed by atoms with Gasteiger partial charge in [0, 0.05) is 25.7 Å². The molecule has 0 heterocycles. The van der Waals surface area contributed by atoms with Crippen molar-refractivity contribution in [1.82, 2.24) is 0 Å². The van der Waals surface area contributed by atoms with Crippen LogP contribution >= 0.6 is 15.6 Å². The third kappa shape index (κ3) is 72.8. The number of rotatable bonds is 77. The van der Waals surface area contributed by atoms with Gasteiger partial charge in [0.2, 0.25) is 0 Å². The van der Waals surface area contributed by atoms with Gasteiger partial charge in [-0.05, 0) is 49.4 Å². The molecule has 0 aromatic rings. The minimum Gasteiger partial charge on any atom is -0.462 e. The van der Waals surface area contributed by atoms with Crippen LogP contribution in [-0.4, -0.2) is 96.7 Å². The predicted octanol–water partition coefficient (Wildman–Crippen LogP) is 23.6. The molecule has 0 aliphatic heterocycles. The average Bonchev–Trinajstić information content (AvgIpc) is 1.00. The summed E-state index contributed by atoms with van der Waals surface area (Å²) in [5.41, 5.74) is 0. The summed E-state index contributed by atoms with van der Waals surface area (Å²) in [7, 11) is -9.91. The zero-order chi connectivity index (χ0) is 73.1. The maximum Gasteiger partial charge on any atom is 0.472 e. The summed E-state index contributed by atoms with van der Waals surface area (Å²) < 4.78 is 68.5. The summed E-state index contributed by atoms with van der Waals surface area (Å²) in [6, 6.07) is 0. The van der Waals surface area contributed by atoms with Crippen LogP contribution in [0, 0.1) is 23.7 Å². The Hall–Kier alpha value is -1.94. The second kappa shape index (κ2) is 69.1. The number of ether oxygens (including phenoxy) is 4. The third-order valence-electron chi connectivity index (χ3n) is 18.9. The van der Waals surface area contributed by atoms with Crippen molar-refractivity contribution in [2.45, 2.75) is 427 Å². The van der Waals surface area contributed by atoms with Crippen molar-refractivity contribution in [3.63, 3.8) is 0 Å². The highest BCUT2D eigenvalue weighted by atomic mass is 31.2. The number of aliphatic hydroxyl groups is 1. The maximum atomic E-state index is 13.1. The first kappa shape index (κ1) is 97.1. The number of phosphoric acid groups is 2. The zero-order valence-electron chi connectivity index (χ0n) is 65.1. The number of hydrogen-bond acceptors (Lipinski definition) is 15. The van der Waals surface area contributed by atoms with Crippen molar-refractivity contribution in [2.24, 2.45) is 23.7 Å². The fourth-order valence-corrected chi connectivity index (χ4v) is 13.8. The molecule has 0 radical (unpaired) electrons. The second-order valence-corrected chi connectivity index (χ2v) is 33.4. The van der Waals surface area contributed by atoms with E-state index in [0.29, 0.717) is 37.5 Å². The Labute approximate surface area is 607 Å². The monoisotopic (exact) mass is 1450 g/mol. The number of phosphoric ester groups is 2. The van der Waals surface area contributed by atoms with Gasteiger partial charge in [0.1, 0.15) is 19.3 Å². The molecule has 0 bridgehead atoms. The number of carbonyl (C=O) groups is 4. The van der Waals surface area contributed by atoms with E-state index in [1.165, 1.54) is 205 Å². The molecule has 6 atom stereocenters. The van der Waals surface area contributed by atoms with Crippen LogP contribution in [0.15, 0.2) is 0 Å². The third-order valence-corrected chi connectivity index (χ3v) is 20.8. The lowest BCUT2D eigenvalue weighted by Crippen LogP contribution is -2.30. The zero-order valence-corrected chi connectivity index (χ0v) is 66.9.